The number of nitrogens with two attached hydrogens (primary N) is 1. The lowest BCUT2D eigenvalue weighted by atomic mass is 10.1. The Bertz CT molecular complexity index is 660. The molecular weight excluding hydrogens is 268 g/mol. The van der Waals surface area contributed by atoms with Gasteiger partial charge in [-0.1, -0.05) is 24.3 Å². The van der Waals surface area contributed by atoms with Crippen molar-refractivity contribution in [3.8, 4) is 0 Å². The van der Waals surface area contributed by atoms with Gasteiger partial charge in [0, 0.05) is 24.5 Å². The smallest absolute Gasteiger partial charge is 0.280 e. The highest BCUT2D eigenvalue weighted by Gasteiger charge is 2.44. The maximum atomic E-state index is 12.2. The van der Waals surface area contributed by atoms with Crippen LogP contribution in [-0.2, 0) is 11.2 Å². The maximum absolute atomic E-state index is 12.2. The van der Waals surface area contributed by atoms with E-state index < -0.39 is 18.0 Å². The molecular formula is C15H14N4O2. The standard InChI is InChI=1S/C15H14N4O2/c16-19-14(20)13(9-11-5-4-8-17-10-11)18(15(19)21)12-6-2-1-3-7-12/h1-8,10,13H,9,16H2. The molecule has 2 heterocycles. The predicted molar refractivity (Wildman–Crippen MR) is 77.1 cm³/mol. The fraction of sp³-hybridized carbons (Fsp3) is 0.133. The molecule has 1 aromatic carbocycles. The number of carbonyl (C=O) groups excluding carboxylic acids is 2. The molecule has 0 radical (unpaired) electrons. The summed E-state index contributed by atoms with van der Waals surface area (Å²) in [5.41, 5.74) is 1.53. The van der Waals surface area contributed by atoms with Gasteiger partial charge in [-0.05, 0) is 23.8 Å². The molecule has 21 heavy (non-hydrogen) atoms. The van der Waals surface area contributed by atoms with Crippen LogP contribution in [0.4, 0.5) is 10.5 Å². The van der Waals surface area contributed by atoms with Crippen LogP contribution in [0.2, 0.25) is 0 Å². The Morgan fingerprint density at radius 3 is 2.52 bits per heavy atom. The van der Waals surface area contributed by atoms with Gasteiger partial charge in [-0.15, -0.1) is 0 Å². The number of para-hydroxylation sites is 1. The Morgan fingerprint density at radius 2 is 1.86 bits per heavy atom. The minimum absolute atomic E-state index is 0.376. The second-order valence-corrected chi connectivity index (χ2v) is 4.78. The van der Waals surface area contributed by atoms with Crippen LogP contribution in [0.5, 0.6) is 0 Å². The second kappa shape index (κ2) is 5.34. The van der Waals surface area contributed by atoms with E-state index in [1.807, 2.05) is 24.3 Å². The molecule has 1 saturated heterocycles. The van der Waals surface area contributed by atoms with Gasteiger partial charge in [-0.25, -0.2) is 10.6 Å². The van der Waals surface area contributed by atoms with E-state index >= 15 is 0 Å². The average molecular weight is 282 g/mol. The molecule has 1 aromatic heterocycles. The Balaban J connectivity index is 1.95. The van der Waals surface area contributed by atoms with Gasteiger partial charge in [0.25, 0.3) is 5.91 Å². The summed E-state index contributed by atoms with van der Waals surface area (Å²) < 4.78 is 0. The van der Waals surface area contributed by atoms with Gasteiger partial charge >= 0.3 is 6.03 Å². The Morgan fingerprint density at radius 1 is 1.10 bits per heavy atom. The van der Waals surface area contributed by atoms with E-state index in [1.54, 1.807) is 30.6 Å². The number of benzene rings is 1. The number of amides is 3. The Kier molecular flexibility index (Phi) is 3.37. The normalized spacial score (nSPS) is 18.4. The van der Waals surface area contributed by atoms with E-state index in [4.69, 9.17) is 5.84 Å². The molecule has 2 aromatic rings. The van der Waals surface area contributed by atoms with Gasteiger partial charge in [-0.3, -0.25) is 14.7 Å². The number of rotatable bonds is 3. The van der Waals surface area contributed by atoms with Crippen LogP contribution in [0.15, 0.2) is 54.9 Å². The summed E-state index contributed by atoms with van der Waals surface area (Å²) in [4.78, 5) is 29.9. The zero-order chi connectivity index (χ0) is 14.8. The van der Waals surface area contributed by atoms with E-state index in [2.05, 4.69) is 4.98 Å². The number of imide groups is 1. The van der Waals surface area contributed by atoms with E-state index in [9.17, 15) is 9.59 Å². The van der Waals surface area contributed by atoms with Crippen molar-refractivity contribution < 1.29 is 9.59 Å². The van der Waals surface area contributed by atoms with Crippen molar-refractivity contribution in [3.63, 3.8) is 0 Å². The summed E-state index contributed by atoms with van der Waals surface area (Å²) in [6.07, 6.45) is 3.72. The van der Waals surface area contributed by atoms with Gasteiger partial charge in [0.2, 0.25) is 0 Å². The quantitative estimate of drug-likeness (QED) is 0.523. The highest BCUT2D eigenvalue weighted by Crippen LogP contribution is 2.26. The highest BCUT2D eigenvalue weighted by atomic mass is 16.2. The number of aromatic nitrogens is 1. The number of anilines is 1. The molecule has 6 nitrogen and oxygen atoms in total. The Labute approximate surface area is 121 Å². The second-order valence-electron chi connectivity index (χ2n) is 4.78. The lowest BCUT2D eigenvalue weighted by Gasteiger charge is -2.21. The number of hydrogen-bond acceptors (Lipinski definition) is 4. The summed E-state index contributed by atoms with van der Waals surface area (Å²) in [6, 6.07) is 11.5. The van der Waals surface area contributed by atoms with Crippen molar-refractivity contribution in [2.75, 3.05) is 4.90 Å². The summed E-state index contributed by atoms with van der Waals surface area (Å²) >= 11 is 0. The lowest BCUT2D eigenvalue weighted by Crippen LogP contribution is -2.38. The van der Waals surface area contributed by atoms with Gasteiger partial charge in [0.1, 0.15) is 6.04 Å². The highest BCUT2D eigenvalue weighted by molar-refractivity contribution is 6.13. The minimum atomic E-state index is -0.644. The maximum Gasteiger partial charge on any atom is 0.346 e. The number of hydrazine groups is 1. The van der Waals surface area contributed by atoms with E-state index in [1.165, 1.54) is 4.90 Å². The molecule has 1 unspecified atom stereocenters. The van der Waals surface area contributed by atoms with E-state index in [-0.39, 0.29) is 0 Å². The molecule has 1 fully saturated rings. The van der Waals surface area contributed by atoms with Crippen LogP contribution in [0, 0.1) is 0 Å². The average Bonchev–Trinajstić information content (AvgIpc) is 2.74. The predicted octanol–water partition coefficient (Wildman–Crippen LogP) is 1.34. The molecule has 1 atom stereocenters. The molecule has 2 N–H and O–H groups in total. The fourth-order valence-electron chi connectivity index (χ4n) is 2.41. The molecule has 0 bridgehead atoms. The number of pyridine rings is 1. The van der Waals surface area contributed by atoms with Crippen molar-refractivity contribution in [1.82, 2.24) is 9.99 Å². The summed E-state index contributed by atoms with van der Waals surface area (Å²) in [5, 5.41) is 0.675. The van der Waals surface area contributed by atoms with Crippen LogP contribution < -0.4 is 10.7 Å². The topological polar surface area (TPSA) is 79.5 Å². The van der Waals surface area contributed by atoms with Crippen molar-refractivity contribution >= 4 is 17.6 Å². The van der Waals surface area contributed by atoms with Gasteiger partial charge in [0.15, 0.2) is 0 Å². The molecule has 0 saturated carbocycles. The van der Waals surface area contributed by atoms with Crippen molar-refractivity contribution in [2.45, 2.75) is 12.5 Å². The minimum Gasteiger partial charge on any atom is -0.280 e. The van der Waals surface area contributed by atoms with Crippen molar-refractivity contribution in [3.05, 3.63) is 60.4 Å². The van der Waals surface area contributed by atoms with Crippen LogP contribution in [0.3, 0.4) is 0 Å². The first kappa shape index (κ1) is 13.3. The van der Waals surface area contributed by atoms with Crippen LogP contribution >= 0.6 is 0 Å². The number of urea groups is 1. The molecule has 6 heteroatoms. The largest absolute Gasteiger partial charge is 0.346 e. The van der Waals surface area contributed by atoms with Crippen molar-refractivity contribution in [1.29, 1.82) is 0 Å². The fourth-order valence-corrected chi connectivity index (χ4v) is 2.41. The third-order valence-electron chi connectivity index (χ3n) is 3.43. The van der Waals surface area contributed by atoms with Crippen LogP contribution in [-0.4, -0.2) is 28.0 Å². The van der Waals surface area contributed by atoms with Crippen molar-refractivity contribution in [2.24, 2.45) is 5.84 Å². The summed E-state index contributed by atoms with van der Waals surface area (Å²) in [6.45, 7) is 0. The SMILES string of the molecule is NN1C(=O)C(Cc2cccnc2)N(c2ccccc2)C1=O. The molecule has 0 spiro atoms. The molecule has 3 rings (SSSR count). The zero-order valence-corrected chi connectivity index (χ0v) is 11.2. The number of carbonyl (C=O) groups is 2. The summed E-state index contributed by atoms with van der Waals surface area (Å²) in [7, 11) is 0. The monoisotopic (exact) mass is 282 g/mol. The molecule has 1 aliphatic rings. The van der Waals surface area contributed by atoms with Crippen LogP contribution in [0.25, 0.3) is 0 Å². The molecule has 1 aliphatic heterocycles. The Hall–Kier alpha value is -2.73. The third kappa shape index (κ3) is 2.36. The van der Waals surface area contributed by atoms with Crippen LogP contribution in [0.1, 0.15) is 5.56 Å². The zero-order valence-electron chi connectivity index (χ0n) is 11.2. The first-order valence-electron chi connectivity index (χ1n) is 6.54. The van der Waals surface area contributed by atoms with E-state index in [0.717, 1.165) is 5.56 Å². The van der Waals surface area contributed by atoms with Gasteiger partial charge < -0.3 is 0 Å². The first-order valence-corrected chi connectivity index (χ1v) is 6.54. The third-order valence-corrected chi connectivity index (χ3v) is 3.43. The summed E-state index contributed by atoms with van der Waals surface area (Å²) in [5.74, 6) is 5.16. The number of hydrogen-bond donors (Lipinski definition) is 1. The molecule has 106 valence electrons. The van der Waals surface area contributed by atoms with Gasteiger partial charge in [0.05, 0.1) is 0 Å². The molecule has 0 aliphatic carbocycles. The molecule has 3 amide bonds. The van der Waals surface area contributed by atoms with Gasteiger partial charge in [-0.2, -0.15) is 5.01 Å². The number of nitrogens with zero attached hydrogens (tertiary/aromatic N) is 3. The lowest BCUT2D eigenvalue weighted by molar-refractivity contribution is -0.127. The van der Waals surface area contributed by atoms with E-state index in [0.29, 0.717) is 17.1 Å². The first-order chi connectivity index (χ1) is 10.2.